The van der Waals surface area contributed by atoms with E-state index in [0.29, 0.717) is 22.0 Å². The van der Waals surface area contributed by atoms with Gasteiger partial charge >= 0.3 is 0 Å². The van der Waals surface area contributed by atoms with Gasteiger partial charge < -0.3 is 5.32 Å². The highest BCUT2D eigenvalue weighted by Crippen LogP contribution is 2.51. The number of hydrogen-bond donors (Lipinski definition) is 1. The van der Waals surface area contributed by atoms with Crippen LogP contribution in [0.5, 0.6) is 0 Å². The summed E-state index contributed by atoms with van der Waals surface area (Å²) in [5.41, 5.74) is 0.494. The number of terminal acetylenes is 1. The molecule has 96 valence electrons. The minimum absolute atomic E-state index is 0.152. The maximum atomic E-state index is 12.0. The predicted octanol–water partition coefficient (Wildman–Crippen LogP) is 1.99. The van der Waals surface area contributed by atoms with Crippen LogP contribution in [0.2, 0.25) is 5.02 Å². The van der Waals surface area contributed by atoms with E-state index in [0.717, 1.165) is 6.54 Å². The molecule has 1 atom stereocenters. The first-order valence-corrected chi connectivity index (χ1v) is 6.26. The van der Waals surface area contributed by atoms with E-state index in [2.05, 4.69) is 30.2 Å². The van der Waals surface area contributed by atoms with Crippen LogP contribution < -0.4 is 10.9 Å². The van der Waals surface area contributed by atoms with E-state index in [1.165, 1.54) is 17.3 Å². The first-order chi connectivity index (χ1) is 8.45. The quantitative estimate of drug-likeness (QED) is 0.847. The maximum absolute atomic E-state index is 12.0. The Morgan fingerprint density at radius 2 is 2.39 bits per heavy atom. The summed E-state index contributed by atoms with van der Waals surface area (Å²) in [6.07, 6.45) is 7.80. The average molecular weight is 266 g/mol. The number of nitrogens with one attached hydrogen (secondary N) is 1. The average Bonchev–Trinajstić information content (AvgIpc) is 2.91. The van der Waals surface area contributed by atoms with E-state index >= 15 is 0 Å². The SMILES string of the molecule is C#CCn1ncc(Cl)c(NCC2CC2(C)C)c1=O. The molecule has 1 aromatic rings. The summed E-state index contributed by atoms with van der Waals surface area (Å²) in [6.45, 7) is 5.33. The summed E-state index contributed by atoms with van der Waals surface area (Å²) >= 11 is 5.99. The molecule has 1 fully saturated rings. The first-order valence-electron chi connectivity index (χ1n) is 5.88. The largest absolute Gasteiger partial charge is 0.379 e. The fourth-order valence-electron chi connectivity index (χ4n) is 1.98. The maximum Gasteiger partial charge on any atom is 0.292 e. The van der Waals surface area contributed by atoms with Crippen molar-refractivity contribution in [1.82, 2.24) is 9.78 Å². The van der Waals surface area contributed by atoms with Gasteiger partial charge in [-0.1, -0.05) is 31.4 Å². The van der Waals surface area contributed by atoms with E-state index in [9.17, 15) is 4.79 Å². The van der Waals surface area contributed by atoms with Gasteiger partial charge in [0.25, 0.3) is 5.56 Å². The standard InChI is InChI=1S/C13H16ClN3O/c1-4-5-17-12(18)11(10(14)8-16-17)15-7-9-6-13(9,2)3/h1,8-9,15H,5-7H2,2-3H3. The van der Waals surface area contributed by atoms with Crippen LogP contribution in [0.15, 0.2) is 11.0 Å². The van der Waals surface area contributed by atoms with Crippen molar-refractivity contribution >= 4 is 17.3 Å². The Labute approximate surface area is 111 Å². The van der Waals surface area contributed by atoms with Gasteiger partial charge in [0, 0.05) is 6.54 Å². The van der Waals surface area contributed by atoms with Crippen molar-refractivity contribution < 1.29 is 0 Å². The smallest absolute Gasteiger partial charge is 0.292 e. The molecule has 0 spiro atoms. The molecule has 1 aromatic heterocycles. The molecular formula is C13H16ClN3O. The molecule has 4 nitrogen and oxygen atoms in total. The van der Waals surface area contributed by atoms with Crippen LogP contribution in [0.4, 0.5) is 5.69 Å². The summed E-state index contributed by atoms with van der Waals surface area (Å²) in [5.74, 6) is 2.98. The molecule has 5 heteroatoms. The predicted molar refractivity (Wildman–Crippen MR) is 72.7 cm³/mol. The number of rotatable bonds is 4. The van der Waals surface area contributed by atoms with E-state index in [1.807, 2.05) is 0 Å². The van der Waals surface area contributed by atoms with Gasteiger partial charge in [0.1, 0.15) is 12.2 Å². The van der Waals surface area contributed by atoms with Crippen LogP contribution in [-0.4, -0.2) is 16.3 Å². The fourth-order valence-corrected chi connectivity index (χ4v) is 2.17. The molecule has 1 aliphatic rings. The molecule has 0 radical (unpaired) electrons. The van der Waals surface area contributed by atoms with Crippen molar-refractivity contribution in [2.45, 2.75) is 26.8 Å². The minimum Gasteiger partial charge on any atom is -0.379 e. The van der Waals surface area contributed by atoms with Crippen molar-refractivity contribution in [2.75, 3.05) is 11.9 Å². The molecular weight excluding hydrogens is 250 g/mol. The zero-order valence-electron chi connectivity index (χ0n) is 10.5. The monoisotopic (exact) mass is 265 g/mol. The molecule has 1 aliphatic carbocycles. The Bertz CT molecular complexity index is 556. The number of anilines is 1. The van der Waals surface area contributed by atoms with Crippen LogP contribution in [0.25, 0.3) is 0 Å². The molecule has 1 unspecified atom stereocenters. The van der Waals surface area contributed by atoms with Gasteiger partial charge in [-0.2, -0.15) is 5.10 Å². The second-order valence-electron chi connectivity index (χ2n) is 5.30. The van der Waals surface area contributed by atoms with E-state index in [1.54, 1.807) is 0 Å². The number of nitrogens with zero attached hydrogens (tertiary/aromatic N) is 2. The molecule has 1 saturated carbocycles. The Balaban J connectivity index is 2.14. The Hall–Kier alpha value is -1.47. The highest BCUT2D eigenvalue weighted by molar-refractivity contribution is 6.32. The zero-order chi connectivity index (χ0) is 13.3. The van der Waals surface area contributed by atoms with Crippen molar-refractivity contribution in [1.29, 1.82) is 0 Å². The highest BCUT2D eigenvalue weighted by Gasteiger charge is 2.45. The Kier molecular flexibility index (Phi) is 3.36. The van der Waals surface area contributed by atoms with Gasteiger partial charge in [-0.25, -0.2) is 4.68 Å². The summed E-state index contributed by atoms with van der Waals surface area (Å²) in [7, 11) is 0. The lowest BCUT2D eigenvalue weighted by atomic mass is 10.1. The van der Waals surface area contributed by atoms with E-state index in [4.69, 9.17) is 18.0 Å². The van der Waals surface area contributed by atoms with Gasteiger partial charge in [0.05, 0.1) is 11.2 Å². The van der Waals surface area contributed by atoms with Gasteiger partial charge in [-0.05, 0) is 17.8 Å². The van der Waals surface area contributed by atoms with Crippen LogP contribution in [0.3, 0.4) is 0 Å². The number of halogens is 1. The molecule has 1 N–H and O–H groups in total. The van der Waals surface area contributed by atoms with E-state index in [-0.39, 0.29) is 12.1 Å². The van der Waals surface area contributed by atoms with Gasteiger partial charge in [-0.3, -0.25) is 4.79 Å². The van der Waals surface area contributed by atoms with Gasteiger partial charge in [0.2, 0.25) is 0 Å². The number of aromatic nitrogens is 2. The molecule has 0 amide bonds. The summed E-state index contributed by atoms with van der Waals surface area (Å²) < 4.78 is 1.23. The second kappa shape index (κ2) is 4.66. The highest BCUT2D eigenvalue weighted by atomic mass is 35.5. The number of hydrogen-bond acceptors (Lipinski definition) is 3. The molecule has 2 rings (SSSR count). The van der Waals surface area contributed by atoms with Crippen molar-refractivity contribution in [2.24, 2.45) is 11.3 Å². The summed E-state index contributed by atoms with van der Waals surface area (Å²) in [6, 6.07) is 0. The van der Waals surface area contributed by atoms with Gasteiger partial charge in [-0.15, -0.1) is 6.42 Å². The van der Waals surface area contributed by atoms with E-state index < -0.39 is 0 Å². The third kappa shape index (κ3) is 2.51. The third-order valence-electron chi connectivity index (χ3n) is 3.48. The van der Waals surface area contributed by atoms with Crippen molar-refractivity contribution in [3.05, 3.63) is 21.6 Å². The summed E-state index contributed by atoms with van der Waals surface area (Å²) in [4.78, 5) is 12.0. The minimum atomic E-state index is -0.265. The lowest BCUT2D eigenvalue weighted by Gasteiger charge is -2.10. The van der Waals surface area contributed by atoms with Crippen molar-refractivity contribution in [3.8, 4) is 12.3 Å². The second-order valence-corrected chi connectivity index (χ2v) is 5.71. The molecule has 0 bridgehead atoms. The van der Waals surface area contributed by atoms with Crippen LogP contribution in [0, 0.1) is 23.7 Å². The molecule has 0 aromatic carbocycles. The summed E-state index contributed by atoms with van der Waals surface area (Å²) in [5, 5.41) is 7.35. The first kappa shape index (κ1) is 13.0. The normalized spacial score (nSPS) is 20.2. The van der Waals surface area contributed by atoms with Crippen LogP contribution in [-0.2, 0) is 6.54 Å². The van der Waals surface area contributed by atoms with Crippen molar-refractivity contribution in [3.63, 3.8) is 0 Å². The lowest BCUT2D eigenvalue weighted by molar-refractivity contribution is 0.572. The lowest BCUT2D eigenvalue weighted by Crippen LogP contribution is -2.26. The fraction of sp³-hybridized carbons (Fsp3) is 0.538. The topological polar surface area (TPSA) is 46.9 Å². The molecule has 0 aliphatic heterocycles. The molecule has 1 heterocycles. The van der Waals surface area contributed by atoms with Crippen LogP contribution >= 0.6 is 11.6 Å². The van der Waals surface area contributed by atoms with Gasteiger partial charge in [0.15, 0.2) is 0 Å². The Morgan fingerprint density at radius 1 is 1.72 bits per heavy atom. The Morgan fingerprint density at radius 3 is 2.94 bits per heavy atom. The van der Waals surface area contributed by atoms with Crippen LogP contribution in [0.1, 0.15) is 20.3 Å². The molecule has 0 saturated heterocycles. The molecule has 18 heavy (non-hydrogen) atoms. The zero-order valence-corrected chi connectivity index (χ0v) is 11.3. The third-order valence-corrected chi connectivity index (χ3v) is 3.77.